The lowest BCUT2D eigenvalue weighted by molar-refractivity contribution is -0.314. The highest BCUT2D eigenvalue weighted by Crippen LogP contribution is 2.64. The van der Waals surface area contributed by atoms with Gasteiger partial charge in [0.1, 0.15) is 0 Å². The van der Waals surface area contributed by atoms with Gasteiger partial charge in [-0.3, -0.25) is 4.79 Å². The molecule has 0 aromatic heterocycles. The van der Waals surface area contributed by atoms with Crippen LogP contribution in [0.4, 0.5) is 0 Å². The molecule has 0 aliphatic heterocycles. The zero-order chi connectivity index (χ0) is 16.8. The Labute approximate surface area is 145 Å². The maximum Gasteiger partial charge on any atom is 0.178 e. The molecule has 4 rings (SSSR count). The molecule has 4 aliphatic rings. The van der Waals surface area contributed by atoms with Crippen LogP contribution in [0.15, 0.2) is 23.8 Å². The maximum absolute atomic E-state index is 11.8. The lowest BCUT2D eigenvalue weighted by Gasteiger charge is -2.56. The first-order chi connectivity index (χ1) is 11.6. The first-order valence-corrected chi connectivity index (χ1v) is 9.78. The van der Waals surface area contributed by atoms with E-state index in [0.29, 0.717) is 17.9 Å². The molecule has 0 amide bonds. The zero-order valence-corrected chi connectivity index (χ0v) is 15.1. The Balaban J connectivity index is 1.59. The van der Waals surface area contributed by atoms with Gasteiger partial charge in [0.15, 0.2) is 5.78 Å². The van der Waals surface area contributed by atoms with Crippen molar-refractivity contribution < 1.29 is 14.6 Å². The van der Waals surface area contributed by atoms with Crippen molar-refractivity contribution >= 4 is 5.78 Å². The predicted octanol–water partition coefficient (Wildman–Crippen LogP) is 4.63. The molecule has 3 fully saturated rings. The minimum absolute atomic E-state index is 0.104. The van der Waals surface area contributed by atoms with Crippen LogP contribution in [-0.2, 0) is 14.6 Å². The van der Waals surface area contributed by atoms with Crippen LogP contribution in [0.2, 0.25) is 0 Å². The minimum Gasteiger partial charge on any atom is -0.290 e. The van der Waals surface area contributed by atoms with E-state index in [9.17, 15) is 4.79 Å². The van der Waals surface area contributed by atoms with E-state index in [1.807, 2.05) is 13.0 Å². The average Bonchev–Trinajstić information content (AvgIpc) is 3.00. The van der Waals surface area contributed by atoms with Crippen molar-refractivity contribution in [2.75, 3.05) is 13.2 Å². The molecule has 0 unspecified atom stereocenters. The number of allylic oxidation sites excluding steroid dienone is 4. The van der Waals surface area contributed by atoms with Crippen LogP contribution in [0.25, 0.3) is 0 Å². The minimum atomic E-state index is 0.104. The molecule has 0 N–H and O–H groups in total. The number of rotatable bonds is 4. The molecule has 0 saturated heterocycles. The van der Waals surface area contributed by atoms with Gasteiger partial charge in [0.05, 0.1) is 13.2 Å². The second kappa shape index (κ2) is 6.10. The summed E-state index contributed by atoms with van der Waals surface area (Å²) in [6.45, 7) is 5.74. The van der Waals surface area contributed by atoms with Gasteiger partial charge in [0, 0.05) is 10.8 Å². The number of fused-ring (bicyclic) bond motifs is 5. The summed E-state index contributed by atoms with van der Waals surface area (Å²) < 4.78 is 0. The van der Waals surface area contributed by atoms with E-state index in [4.69, 9.17) is 9.78 Å². The summed E-state index contributed by atoms with van der Waals surface area (Å²) in [4.78, 5) is 22.6. The summed E-state index contributed by atoms with van der Waals surface area (Å²) in [5, 5.41) is 0. The third kappa shape index (κ3) is 2.43. The van der Waals surface area contributed by atoms with Crippen LogP contribution in [-0.4, -0.2) is 19.0 Å². The Morgan fingerprint density at radius 2 is 2.04 bits per heavy atom. The third-order valence-electron chi connectivity index (χ3n) is 7.63. The van der Waals surface area contributed by atoms with Gasteiger partial charge in [0.25, 0.3) is 0 Å². The van der Waals surface area contributed by atoms with Gasteiger partial charge in [-0.2, -0.15) is 0 Å². The Morgan fingerprint density at radius 3 is 2.88 bits per heavy atom. The van der Waals surface area contributed by atoms with Crippen molar-refractivity contribution in [2.24, 2.45) is 28.6 Å². The van der Waals surface area contributed by atoms with Gasteiger partial charge in [-0.25, -0.2) is 9.78 Å². The molecule has 3 saturated carbocycles. The third-order valence-corrected chi connectivity index (χ3v) is 7.63. The highest BCUT2D eigenvalue weighted by Gasteiger charge is 2.57. The Morgan fingerprint density at radius 1 is 1.17 bits per heavy atom. The molecule has 132 valence electrons. The van der Waals surface area contributed by atoms with E-state index in [1.165, 1.54) is 44.1 Å². The number of ketones is 1. The highest BCUT2D eigenvalue weighted by atomic mass is 17.2. The van der Waals surface area contributed by atoms with Gasteiger partial charge < -0.3 is 0 Å². The molecule has 0 aromatic carbocycles. The van der Waals surface area contributed by atoms with Gasteiger partial charge in [-0.15, -0.1) is 0 Å². The fraction of sp³-hybridized carbons (Fsp3) is 0.762. The van der Waals surface area contributed by atoms with E-state index < -0.39 is 0 Å². The quantitative estimate of drug-likeness (QED) is 0.428. The summed E-state index contributed by atoms with van der Waals surface area (Å²) in [7, 11) is 0. The molecule has 3 heteroatoms. The van der Waals surface area contributed by atoms with Crippen molar-refractivity contribution in [1.82, 2.24) is 0 Å². The molecule has 0 bridgehead atoms. The molecular weight excluding hydrogens is 300 g/mol. The highest BCUT2D eigenvalue weighted by molar-refractivity contribution is 6.01. The molecule has 0 heterocycles. The molecule has 0 aromatic rings. The second-order valence-corrected chi connectivity index (χ2v) is 8.57. The lowest BCUT2D eigenvalue weighted by Crippen LogP contribution is -2.50. The Hall–Kier alpha value is -0.930. The van der Waals surface area contributed by atoms with E-state index in [2.05, 4.69) is 13.0 Å². The first kappa shape index (κ1) is 16.5. The maximum atomic E-state index is 11.8. The molecule has 24 heavy (non-hydrogen) atoms. The molecular formula is C21H30O3. The smallest absolute Gasteiger partial charge is 0.178 e. The number of hydrogen-bond acceptors (Lipinski definition) is 3. The van der Waals surface area contributed by atoms with Crippen molar-refractivity contribution in [1.29, 1.82) is 0 Å². The monoisotopic (exact) mass is 330 g/mol. The summed E-state index contributed by atoms with van der Waals surface area (Å²) >= 11 is 0. The van der Waals surface area contributed by atoms with Crippen molar-refractivity contribution in [3.05, 3.63) is 23.8 Å². The molecule has 5 atom stereocenters. The summed E-state index contributed by atoms with van der Waals surface area (Å²) in [5.41, 5.74) is 1.82. The normalized spacial score (nSPS) is 43.8. The number of hydrogen-bond donors (Lipinski definition) is 0. The van der Waals surface area contributed by atoms with Crippen molar-refractivity contribution in [2.45, 2.75) is 58.8 Å². The summed E-state index contributed by atoms with van der Waals surface area (Å²) in [5.74, 6) is 2.40. The summed E-state index contributed by atoms with van der Waals surface area (Å²) in [6, 6.07) is 0. The van der Waals surface area contributed by atoms with Crippen LogP contribution in [0.5, 0.6) is 0 Å². The van der Waals surface area contributed by atoms with E-state index in [-0.39, 0.29) is 11.2 Å². The zero-order valence-electron chi connectivity index (χ0n) is 15.1. The molecule has 0 spiro atoms. The van der Waals surface area contributed by atoms with E-state index >= 15 is 0 Å². The Bertz CT molecular complexity index is 578. The first-order valence-electron chi connectivity index (χ1n) is 9.78. The van der Waals surface area contributed by atoms with Crippen molar-refractivity contribution in [3.63, 3.8) is 0 Å². The molecule has 0 radical (unpaired) electrons. The lowest BCUT2D eigenvalue weighted by atomic mass is 9.48. The fourth-order valence-corrected chi connectivity index (χ4v) is 6.49. The van der Waals surface area contributed by atoms with Crippen LogP contribution >= 0.6 is 0 Å². The standard InChI is InChI=1S/C21H30O3/c1-3-23-24-14-21-10-4-5-19(21)17-7-6-15-13-16(22)8-11-20(15,2)18(17)9-12-21/h8,11,13,17-19H,3-7,9-10,12,14H2,1-2H3/t17-,18+,19+,20+,21+/m1/s1. The SMILES string of the molecule is CCOOC[C@@]12CCC[C@H]1[C@@H]1CCC3=CC(=O)C=C[C@]3(C)[C@H]1CC2. The van der Waals surface area contributed by atoms with Crippen LogP contribution < -0.4 is 0 Å². The topological polar surface area (TPSA) is 35.5 Å². The van der Waals surface area contributed by atoms with Crippen LogP contribution in [0.3, 0.4) is 0 Å². The largest absolute Gasteiger partial charge is 0.290 e. The van der Waals surface area contributed by atoms with E-state index in [0.717, 1.165) is 24.9 Å². The van der Waals surface area contributed by atoms with Gasteiger partial charge in [-0.05, 0) is 75.4 Å². The van der Waals surface area contributed by atoms with Crippen LogP contribution in [0, 0.1) is 28.6 Å². The Kier molecular flexibility index (Phi) is 4.20. The number of carbonyl (C=O) groups excluding carboxylic acids is 1. The van der Waals surface area contributed by atoms with E-state index in [1.54, 1.807) is 6.08 Å². The second-order valence-electron chi connectivity index (χ2n) is 8.57. The van der Waals surface area contributed by atoms with Gasteiger partial charge >= 0.3 is 0 Å². The fourth-order valence-electron chi connectivity index (χ4n) is 6.49. The van der Waals surface area contributed by atoms with Crippen LogP contribution in [0.1, 0.15) is 58.8 Å². The number of carbonyl (C=O) groups is 1. The van der Waals surface area contributed by atoms with Crippen molar-refractivity contribution in [3.8, 4) is 0 Å². The molecule has 3 nitrogen and oxygen atoms in total. The van der Waals surface area contributed by atoms with Gasteiger partial charge in [0.2, 0.25) is 0 Å². The summed E-state index contributed by atoms with van der Waals surface area (Å²) in [6.07, 6.45) is 14.7. The predicted molar refractivity (Wildman–Crippen MR) is 93.1 cm³/mol. The average molecular weight is 330 g/mol. The van der Waals surface area contributed by atoms with Gasteiger partial charge in [-0.1, -0.05) is 25.0 Å². The molecule has 4 aliphatic carbocycles.